The van der Waals surface area contributed by atoms with Crippen LogP contribution in [0.25, 0.3) is 0 Å². The zero-order chi connectivity index (χ0) is 22.6. The van der Waals surface area contributed by atoms with E-state index in [1.165, 1.54) is 38.3 Å². The van der Waals surface area contributed by atoms with Crippen molar-refractivity contribution in [2.24, 2.45) is 0 Å². The molecule has 0 aliphatic rings. The van der Waals surface area contributed by atoms with E-state index in [-0.39, 0.29) is 32.6 Å². The van der Waals surface area contributed by atoms with Gasteiger partial charge in [0, 0.05) is 18.4 Å². The van der Waals surface area contributed by atoms with E-state index in [1.54, 1.807) is 0 Å². The van der Waals surface area contributed by atoms with E-state index in [0.29, 0.717) is 0 Å². The Balaban J connectivity index is 2.20. The molecular weight excluding hydrogens is 440 g/mol. The third-order valence-corrected chi connectivity index (χ3v) is 5.33. The molecule has 1 atom stereocenters. The topological polar surface area (TPSA) is 142 Å². The quantitative estimate of drug-likeness (QED) is 0.380. The average molecular weight is 457 g/mol. The molecule has 1 N–H and O–H groups in total. The normalized spacial score (nSPS) is 12.0. The van der Waals surface area contributed by atoms with Crippen molar-refractivity contribution in [2.45, 2.75) is 17.9 Å². The fraction of sp³-hybridized carbons (Fsp3) is 0.222. The van der Waals surface area contributed by atoms with Crippen molar-refractivity contribution in [3.63, 3.8) is 0 Å². The second-order valence-corrected chi connectivity index (χ2v) is 8.52. The van der Waals surface area contributed by atoms with Crippen LogP contribution in [-0.2, 0) is 19.4 Å². The third-order valence-electron chi connectivity index (χ3n) is 3.89. The Morgan fingerprint density at radius 3 is 2.43 bits per heavy atom. The lowest BCUT2D eigenvalue weighted by Gasteiger charge is -2.15. The number of benzene rings is 2. The first kappa shape index (κ1) is 23.1. The van der Waals surface area contributed by atoms with Gasteiger partial charge in [-0.1, -0.05) is 11.6 Å². The van der Waals surface area contributed by atoms with Gasteiger partial charge in [0.1, 0.15) is 5.75 Å². The number of non-ortho nitro benzene ring substituents is 1. The minimum absolute atomic E-state index is 0.0108. The Bertz CT molecular complexity index is 1120. The van der Waals surface area contributed by atoms with Gasteiger partial charge in [-0.2, -0.15) is 0 Å². The van der Waals surface area contributed by atoms with Crippen LogP contribution in [-0.4, -0.2) is 44.7 Å². The summed E-state index contributed by atoms with van der Waals surface area (Å²) in [4.78, 5) is 34.9. The number of carbonyl (C=O) groups excluding carboxylic acids is 2. The summed E-state index contributed by atoms with van der Waals surface area (Å²) in [6.45, 7) is 1.27. The molecule has 1 amide bonds. The molecule has 12 heteroatoms. The van der Waals surface area contributed by atoms with Gasteiger partial charge >= 0.3 is 5.97 Å². The first-order valence-corrected chi connectivity index (χ1v) is 10.5. The number of carbonyl (C=O) groups is 2. The van der Waals surface area contributed by atoms with Gasteiger partial charge in [-0.05, 0) is 31.2 Å². The second kappa shape index (κ2) is 9.09. The van der Waals surface area contributed by atoms with E-state index in [2.05, 4.69) is 5.32 Å². The maximum absolute atomic E-state index is 12.4. The Hall–Kier alpha value is -3.18. The van der Waals surface area contributed by atoms with Crippen LogP contribution in [0.5, 0.6) is 5.75 Å². The van der Waals surface area contributed by atoms with Gasteiger partial charge in [-0.15, -0.1) is 0 Å². The number of nitro groups is 1. The van der Waals surface area contributed by atoms with Crippen molar-refractivity contribution in [1.29, 1.82) is 0 Å². The van der Waals surface area contributed by atoms with E-state index < -0.39 is 32.7 Å². The number of halogens is 1. The molecule has 0 heterocycles. The average Bonchev–Trinajstić information content (AvgIpc) is 2.66. The number of nitrogens with zero attached hydrogens (tertiary/aromatic N) is 1. The van der Waals surface area contributed by atoms with Crippen LogP contribution in [0, 0.1) is 10.1 Å². The molecule has 0 aliphatic heterocycles. The van der Waals surface area contributed by atoms with Crippen molar-refractivity contribution >= 4 is 44.7 Å². The summed E-state index contributed by atoms with van der Waals surface area (Å²) in [7, 11) is -2.28. The number of sulfone groups is 1. The Morgan fingerprint density at radius 1 is 1.20 bits per heavy atom. The summed E-state index contributed by atoms with van der Waals surface area (Å²) < 4.78 is 33.5. The minimum atomic E-state index is -3.59. The molecule has 0 radical (unpaired) electrons. The van der Waals surface area contributed by atoms with E-state index in [4.69, 9.17) is 21.1 Å². The fourth-order valence-corrected chi connectivity index (χ4v) is 3.15. The lowest BCUT2D eigenvalue weighted by atomic mass is 10.2. The number of hydrogen-bond acceptors (Lipinski definition) is 8. The van der Waals surface area contributed by atoms with Gasteiger partial charge in [0.25, 0.3) is 11.6 Å². The number of amides is 1. The fourth-order valence-electron chi connectivity index (χ4n) is 2.31. The highest BCUT2D eigenvalue weighted by atomic mass is 35.5. The molecule has 0 aromatic heterocycles. The maximum atomic E-state index is 12.4. The molecule has 1 unspecified atom stereocenters. The zero-order valence-electron chi connectivity index (χ0n) is 16.0. The van der Waals surface area contributed by atoms with Crippen molar-refractivity contribution < 1.29 is 32.4 Å². The van der Waals surface area contributed by atoms with Gasteiger partial charge in [0.05, 0.1) is 33.2 Å². The van der Waals surface area contributed by atoms with Crippen LogP contribution in [0.2, 0.25) is 5.02 Å². The number of ether oxygens (including phenoxy) is 2. The standard InChI is InChI=1S/C18H17ClN2O8S/c1-10(17(22)20-15-8-11(21(24)25)4-7-16(15)28-2)29-18(23)13-9-12(30(3,26)27)5-6-14(13)19/h4-10H,1-3H3,(H,20,22). The highest BCUT2D eigenvalue weighted by Crippen LogP contribution is 2.29. The second-order valence-electron chi connectivity index (χ2n) is 6.09. The van der Waals surface area contributed by atoms with Gasteiger partial charge in [-0.3, -0.25) is 14.9 Å². The Labute approximate surface area is 176 Å². The van der Waals surface area contributed by atoms with E-state index in [9.17, 15) is 28.1 Å². The van der Waals surface area contributed by atoms with Crippen molar-refractivity contribution in [3.8, 4) is 5.75 Å². The summed E-state index contributed by atoms with van der Waals surface area (Å²) in [6.07, 6.45) is -0.368. The lowest BCUT2D eigenvalue weighted by molar-refractivity contribution is -0.384. The predicted molar refractivity (Wildman–Crippen MR) is 108 cm³/mol. The largest absolute Gasteiger partial charge is 0.495 e. The molecule has 0 saturated heterocycles. The zero-order valence-corrected chi connectivity index (χ0v) is 17.6. The number of methoxy groups -OCH3 is 1. The van der Waals surface area contributed by atoms with Gasteiger partial charge in [0.15, 0.2) is 15.9 Å². The maximum Gasteiger partial charge on any atom is 0.340 e. The number of nitrogens with one attached hydrogen (secondary N) is 1. The van der Waals surface area contributed by atoms with Crippen LogP contribution in [0.3, 0.4) is 0 Å². The minimum Gasteiger partial charge on any atom is -0.495 e. The molecular formula is C18H17ClN2O8S. The summed E-state index contributed by atoms with van der Waals surface area (Å²) in [6, 6.07) is 7.12. The summed E-state index contributed by atoms with van der Waals surface area (Å²) in [5.41, 5.74) is -0.496. The van der Waals surface area contributed by atoms with Gasteiger partial charge in [0.2, 0.25) is 0 Å². The lowest BCUT2D eigenvalue weighted by Crippen LogP contribution is -2.30. The Kier molecular flexibility index (Phi) is 7.00. The smallest absolute Gasteiger partial charge is 0.340 e. The van der Waals surface area contributed by atoms with Crippen molar-refractivity contribution in [3.05, 3.63) is 57.1 Å². The Morgan fingerprint density at radius 2 is 1.87 bits per heavy atom. The highest BCUT2D eigenvalue weighted by Gasteiger charge is 2.23. The van der Waals surface area contributed by atoms with Crippen molar-refractivity contribution in [1.82, 2.24) is 0 Å². The molecule has 10 nitrogen and oxygen atoms in total. The number of anilines is 1. The van der Waals surface area contributed by atoms with E-state index in [1.807, 2.05) is 0 Å². The predicted octanol–water partition coefficient (Wildman–Crippen LogP) is 2.84. The van der Waals surface area contributed by atoms with Gasteiger partial charge < -0.3 is 14.8 Å². The van der Waals surface area contributed by atoms with Crippen molar-refractivity contribution in [2.75, 3.05) is 18.7 Å². The monoisotopic (exact) mass is 456 g/mol. The molecule has 2 aromatic carbocycles. The van der Waals surface area contributed by atoms with Gasteiger partial charge in [-0.25, -0.2) is 13.2 Å². The molecule has 2 rings (SSSR count). The van der Waals surface area contributed by atoms with Crippen LogP contribution in [0.4, 0.5) is 11.4 Å². The molecule has 160 valence electrons. The third kappa shape index (κ3) is 5.45. The number of rotatable bonds is 7. The first-order chi connectivity index (χ1) is 13.9. The molecule has 0 fully saturated rings. The summed E-state index contributed by atoms with van der Waals surface area (Å²) in [5, 5.41) is 13.3. The molecule has 0 aliphatic carbocycles. The number of esters is 1. The highest BCUT2D eigenvalue weighted by molar-refractivity contribution is 7.90. The van der Waals surface area contributed by atoms with E-state index >= 15 is 0 Å². The number of hydrogen-bond donors (Lipinski definition) is 1. The molecule has 0 bridgehead atoms. The summed E-state index contributed by atoms with van der Waals surface area (Å²) in [5.74, 6) is -1.65. The van der Waals surface area contributed by atoms with Crippen LogP contribution in [0.1, 0.15) is 17.3 Å². The van der Waals surface area contributed by atoms with Crippen LogP contribution >= 0.6 is 11.6 Å². The van der Waals surface area contributed by atoms with Crippen LogP contribution in [0.15, 0.2) is 41.3 Å². The van der Waals surface area contributed by atoms with Crippen LogP contribution < -0.4 is 10.1 Å². The molecule has 0 spiro atoms. The first-order valence-electron chi connectivity index (χ1n) is 8.28. The summed E-state index contributed by atoms with van der Waals surface area (Å²) >= 11 is 5.94. The molecule has 2 aromatic rings. The SMILES string of the molecule is COc1ccc([N+](=O)[O-])cc1NC(=O)C(C)OC(=O)c1cc(S(C)(=O)=O)ccc1Cl. The number of nitro benzene ring substituents is 1. The molecule has 0 saturated carbocycles. The van der Waals surface area contributed by atoms with E-state index in [0.717, 1.165) is 18.4 Å². The molecule has 30 heavy (non-hydrogen) atoms.